The fraction of sp³-hybridized carbons (Fsp3) is 0.364. The number of carbonyl (C=O) groups excluding carboxylic acids is 1. The lowest BCUT2D eigenvalue weighted by molar-refractivity contribution is 0.102. The van der Waals surface area contributed by atoms with Gasteiger partial charge in [-0.05, 0) is 55.3 Å². The van der Waals surface area contributed by atoms with Crippen molar-refractivity contribution >= 4 is 32.7 Å². The third-order valence-electron chi connectivity index (χ3n) is 5.39. The lowest BCUT2D eigenvalue weighted by atomic mass is 10.2. The van der Waals surface area contributed by atoms with E-state index in [1.165, 1.54) is 37.8 Å². The zero-order valence-electron chi connectivity index (χ0n) is 17.4. The first-order valence-corrected chi connectivity index (χ1v) is 11.9. The van der Waals surface area contributed by atoms with Crippen molar-refractivity contribution in [3.05, 3.63) is 53.9 Å². The molecule has 4 rings (SSSR count). The standard InChI is InChI=1S/C22H26N4O4S/c1-30-14-12-23-31(28,29)18-9-6-16(7-10-18)22(27)24-17-8-11-20-19(15-17)25-21-5-3-2-4-13-26(20)21/h6-11,15,23H,2-5,12-14H2,1H3,(H,24,27). The van der Waals surface area contributed by atoms with Gasteiger partial charge in [-0.15, -0.1) is 0 Å². The monoisotopic (exact) mass is 442 g/mol. The molecule has 2 N–H and O–H groups in total. The molecule has 9 heteroatoms. The Labute approximate surface area is 181 Å². The lowest BCUT2D eigenvalue weighted by Crippen LogP contribution is -2.27. The van der Waals surface area contributed by atoms with Crippen LogP contribution in [-0.2, 0) is 27.7 Å². The molecule has 2 heterocycles. The van der Waals surface area contributed by atoms with E-state index < -0.39 is 10.0 Å². The molecule has 0 radical (unpaired) electrons. The molecular formula is C22H26N4O4S. The van der Waals surface area contributed by atoms with Gasteiger partial charge in [-0.25, -0.2) is 18.1 Å². The smallest absolute Gasteiger partial charge is 0.255 e. The molecular weight excluding hydrogens is 416 g/mol. The number of rotatable bonds is 7. The summed E-state index contributed by atoms with van der Waals surface area (Å²) < 4.78 is 34.0. The molecule has 3 aromatic rings. The van der Waals surface area contributed by atoms with Crippen molar-refractivity contribution < 1.29 is 17.9 Å². The van der Waals surface area contributed by atoms with Gasteiger partial charge in [0.25, 0.3) is 5.91 Å². The normalized spacial score (nSPS) is 14.2. The van der Waals surface area contributed by atoms with Crippen molar-refractivity contribution in [1.29, 1.82) is 0 Å². The van der Waals surface area contributed by atoms with Crippen molar-refractivity contribution in [3.63, 3.8) is 0 Å². The number of imidazole rings is 1. The van der Waals surface area contributed by atoms with Crippen LogP contribution >= 0.6 is 0 Å². The molecule has 1 aromatic heterocycles. The SMILES string of the molecule is COCCNS(=O)(=O)c1ccc(C(=O)Nc2ccc3c(c2)nc2n3CCCCC2)cc1. The van der Waals surface area contributed by atoms with Crippen LogP contribution in [0.15, 0.2) is 47.4 Å². The molecule has 0 saturated heterocycles. The van der Waals surface area contributed by atoms with Crippen molar-refractivity contribution in [2.45, 2.75) is 37.1 Å². The third-order valence-corrected chi connectivity index (χ3v) is 6.87. The van der Waals surface area contributed by atoms with Gasteiger partial charge in [0.05, 0.1) is 22.5 Å². The summed E-state index contributed by atoms with van der Waals surface area (Å²) in [6, 6.07) is 11.6. The molecule has 0 fully saturated rings. The van der Waals surface area contributed by atoms with Crippen molar-refractivity contribution in [2.24, 2.45) is 0 Å². The zero-order chi connectivity index (χ0) is 21.8. The van der Waals surface area contributed by atoms with Crippen LogP contribution in [0.3, 0.4) is 0 Å². The van der Waals surface area contributed by atoms with Crippen LogP contribution in [0.25, 0.3) is 11.0 Å². The highest BCUT2D eigenvalue weighted by atomic mass is 32.2. The Bertz CT molecular complexity index is 1190. The van der Waals surface area contributed by atoms with Gasteiger partial charge in [-0.3, -0.25) is 4.79 Å². The number of fused-ring (bicyclic) bond motifs is 3. The molecule has 0 atom stereocenters. The van der Waals surface area contributed by atoms with E-state index in [4.69, 9.17) is 9.72 Å². The zero-order valence-corrected chi connectivity index (χ0v) is 18.2. The summed E-state index contributed by atoms with van der Waals surface area (Å²) in [4.78, 5) is 17.5. The van der Waals surface area contributed by atoms with Crippen LogP contribution in [0.2, 0.25) is 0 Å². The Hall–Kier alpha value is -2.75. The van der Waals surface area contributed by atoms with Gasteiger partial charge in [0, 0.05) is 37.9 Å². The van der Waals surface area contributed by atoms with Gasteiger partial charge < -0.3 is 14.6 Å². The minimum Gasteiger partial charge on any atom is -0.383 e. The molecule has 2 aromatic carbocycles. The fourth-order valence-electron chi connectivity index (χ4n) is 3.78. The predicted molar refractivity (Wildman–Crippen MR) is 119 cm³/mol. The maximum Gasteiger partial charge on any atom is 0.255 e. The largest absolute Gasteiger partial charge is 0.383 e. The minimum absolute atomic E-state index is 0.0982. The van der Waals surface area contributed by atoms with Gasteiger partial charge in [-0.2, -0.15) is 0 Å². The Morgan fingerprint density at radius 1 is 1.13 bits per heavy atom. The van der Waals surface area contributed by atoms with E-state index in [9.17, 15) is 13.2 Å². The summed E-state index contributed by atoms with van der Waals surface area (Å²) in [6.45, 7) is 1.44. The highest BCUT2D eigenvalue weighted by molar-refractivity contribution is 7.89. The highest BCUT2D eigenvalue weighted by Crippen LogP contribution is 2.24. The Kier molecular flexibility index (Phi) is 6.35. The number of anilines is 1. The fourth-order valence-corrected chi connectivity index (χ4v) is 4.79. The molecule has 8 nitrogen and oxygen atoms in total. The Balaban J connectivity index is 1.47. The molecule has 0 bridgehead atoms. The second kappa shape index (κ2) is 9.17. The van der Waals surface area contributed by atoms with E-state index in [1.54, 1.807) is 0 Å². The Morgan fingerprint density at radius 2 is 1.94 bits per heavy atom. The second-order valence-electron chi connectivity index (χ2n) is 7.56. The molecule has 1 aliphatic heterocycles. The van der Waals surface area contributed by atoms with E-state index in [1.807, 2.05) is 18.2 Å². The van der Waals surface area contributed by atoms with Crippen molar-refractivity contribution in [2.75, 3.05) is 25.6 Å². The maximum atomic E-state index is 12.6. The topological polar surface area (TPSA) is 102 Å². The summed E-state index contributed by atoms with van der Waals surface area (Å²) in [7, 11) is -2.13. The Morgan fingerprint density at radius 3 is 2.71 bits per heavy atom. The number of nitrogens with one attached hydrogen (secondary N) is 2. The van der Waals surface area contributed by atoms with E-state index in [0.29, 0.717) is 11.3 Å². The summed E-state index contributed by atoms with van der Waals surface area (Å²) in [5.41, 5.74) is 2.99. The summed E-state index contributed by atoms with van der Waals surface area (Å²) in [5, 5.41) is 2.87. The molecule has 0 aliphatic carbocycles. The van der Waals surface area contributed by atoms with Gasteiger partial charge in [0.15, 0.2) is 0 Å². The van der Waals surface area contributed by atoms with E-state index in [0.717, 1.165) is 42.7 Å². The summed E-state index contributed by atoms with van der Waals surface area (Å²) >= 11 is 0. The summed E-state index contributed by atoms with van der Waals surface area (Å²) in [6.07, 6.45) is 4.51. The van der Waals surface area contributed by atoms with Crippen LogP contribution in [-0.4, -0.2) is 44.1 Å². The number of aryl methyl sites for hydroxylation is 2. The van der Waals surface area contributed by atoms with E-state index >= 15 is 0 Å². The third kappa shape index (κ3) is 4.79. The molecule has 1 aliphatic rings. The maximum absolute atomic E-state index is 12.6. The highest BCUT2D eigenvalue weighted by Gasteiger charge is 2.16. The van der Waals surface area contributed by atoms with Crippen LogP contribution in [0, 0.1) is 0 Å². The number of sulfonamides is 1. The first kappa shape index (κ1) is 21.5. The number of carbonyl (C=O) groups is 1. The minimum atomic E-state index is -3.63. The second-order valence-corrected chi connectivity index (χ2v) is 9.33. The first-order chi connectivity index (χ1) is 15.0. The average molecular weight is 443 g/mol. The quantitative estimate of drug-likeness (QED) is 0.548. The number of hydrogen-bond acceptors (Lipinski definition) is 5. The van der Waals surface area contributed by atoms with Gasteiger partial charge in [0.2, 0.25) is 10.0 Å². The molecule has 1 amide bonds. The van der Waals surface area contributed by atoms with Crippen molar-refractivity contribution in [3.8, 4) is 0 Å². The van der Waals surface area contributed by atoms with Crippen LogP contribution in [0.4, 0.5) is 5.69 Å². The number of ether oxygens (including phenoxy) is 1. The molecule has 0 saturated carbocycles. The summed E-state index contributed by atoms with van der Waals surface area (Å²) in [5.74, 6) is 0.795. The lowest BCUT2D eigenvalue weighted by Gasteiger charge is -2.09. The van der Waals surface area contributed by atoms with E-state index in [-0.39, 0.29) is 24.0 Å². The van der Waals surface area contributed by atoms with E-state index in [2.05, 4.69) is 14.6 Å². The van der Waals surface area contributed by atoms with Gasteiger partial charge in [-0.1, -0.05) is 6.42 Å². The first-order valence-electron chi connectivity index (χ1n) is 10.4. The number of benzene rings is 2. The molecule has 31 heavy (non-hydrogen) atoms. The van der Waals surface area contributed by atoms with Crippen LogP contribution < -0.4 is 10.0 Å². The number of amides is 1. The molecule has 164 valence electrons. The average Bonchev–Trinajstić information content (AvgIpc) is 2.93. The number of nitrogens with zero attached hydrogens (tertiary/aromatic N) is 2. The van der Waals surface area contributed by atoms with Gasteiger partial charge >= 0.3 is 0 Å². The number of hydrogen-bond donors (Lipinski definition) is 2. The van der Waals surface area contributed by atoms with Crippen LogP contribution in [0.1, 0.15) is 35.4 Å². The van der Waals surface area contributed by atoms with Gasteiger partial charge in [0.1, 0.15) is 5.82 Å². The predicted octanol–water partition coefficient (Wildman–Crippen LogP) is 2.94. The number of aromatic nitrogens is 2. The molecule has 0 unspecified atom stereocenters. The molecule has 0 spiro atoms. The number of methoxy groups -OCH3 is 1. The van der Waals surface area contributed by atoms with Crippen molar-refractivity contribution in [1.82, 2.24) is 14.3 Å². The van der Waals surface area contributed by atoms with Crippen LogP contribution in [0.5, 0.6) is 0 Å².